The molecule has 0 saturated heterocycles. The van der Waals surface area contributed by atoms with E-state index in [2.05, 4.69) is 41.5 Å². The molecule has 3 heteroatoms. The zero-order valence-electron chi connectivity index (χ0n) is 9.43. The van der Waals surface area contributed by atoms with Gasteiger partial charge in [-0.3, -0.25) is 0 Å². The van der Waals surface area contributed by atoms with Gasteiger partial charge < -0.3 is 0 Å². The second kappa shape index (κ2) is 6.83. The van der Waals surface area contributed by atoms with E-state index in [0.29, 0.717) is 11.8 Å². The van der Waals surface area contributed by atoms with Crippen molar-refractivity contribution in [2.75, 3.05) is 0 Å². The molecule has 0 spiro atoms. The van der Waals surface area contributed by atoms with Crippen LogP contribution in [-0.4, -0.2) is 12.2 Å². The van der Waals surface area contributed by atoms with Crippen molar-refractivity contribution in [1.29, 1.82) is 0 Å². The molecular weight excluding hydrogens is 216 g/mol. The first kappa shape index (κ1) is 13.4. The zero-order chi connectivity index (χ0) is 10.4. The molecule has 0 aromatic rings. The third-order valence-electron chi connectivity index (χ3n) is 2.16. The van der Waals surface area contributed by atoms with Gasteiger partial charge in [0, 0.05) is 0 Å². The average Bonchev–Trinajstić information content (AvgIpc) is 2.03. The third kappa shape index (κ3) is 6.50. The van der Waals surface area contributed by atoms with E-state index >= 15 is 0 Å². The molecule has 0 fully saturated rings. The Balaban J connectivity index is 3.45. The number of hydrogen-bond acceptors (Lipinski definition) is 2. The van der Waals surface area contributed by atoms with Crippen LogP contribution in [-0.2, 0) is 23.3 Å². The van der Waals surface area contributed by atoms with Gasteiger partial charge in [-0.15, -0.1) is 0 Å². The van der Waals surface area contributed by atoms with Crippen molar-refractivity contribution < 1.29 is 23.3 Å². The number of hydrogen-bond donors (Lipinski definition) is 0. The minimum absolute atomic E-state index is 0.236. The van der Waals surface area contributed by atoms with Gasteiger partial charge in [-0.25, -0.2) is 0 Å². The summed E-state index contributed by atoms with van der Waals surface area (Å²) in [5.41, 5.74) is 0. The molecule has 0 amide bonds. The predicted octanol–water partition coefficient (Wildman–Crippen LogP) is 3.02. The summed E-state index contributed by atoms with van der Waals surface area (Å²) in [6.07, 6.45) is 0.471. The molecule has 85 valence electrons. The van der Waals surface area contributed by atoms with Crippen LogP contribution < -0.4 is 0 Å². The zero-order valence-corrected chi connectivity index (χ0v) is 10.4. The van der Waals surface area contributed by atoms with Gasteiger partial charge >= 0.3 is 88.8 Å². The Hall–Kier alpha value is 0.439. The normalized spacial score (nSPS) is 16.9. The average molecular weight is 238 g/mol. The van der Waals surface area contributed by atoms with Crippen molar-refractivity contribution in [2.45, 2.75) is 53.8 Å². The fourth-order valence-corrected chi connectivity index (χ4v) is 1.12. The Kier molecular flexibility index (Phi) is 7.06. The summed E-state index contributed by atoms with van der Waals surface area (Å²) in [5.74, 6) is 1.06. The van der Waals surface area contributed by atoms with Crippen LogP contribution in [0.3, 0.4) is 0 Å². The van der Waals surface area contributed by atoms with Crippen LogP contribution in [0.5, 0.6) is 0 Å². The molecule has 2 nitrogen and oxygen atoms in total. The monoisotopic (exact) mass is 237 g/mol. The molecule has 0 bridgehead atoms. The summed E-state index contributed by atoms with van der Waals surface area (Å²) in [7, 11) is 0. The molecule has 2 atom stereocenters. The second-order valence-corrected chi connectivity index (χ2v) is 4.69. The molecule has 0 heterocycles. The van der Waals surface area contributed by atoms with Gasteiger partial charge in [-0.1, -0.05) is 0 Å². The van der Waals surface area contributed by atoms with Crippen LogP contribution in [0, 0.1) is 11.8 Å². The quantitative estimate of drug-likeness (QED) is 0.662. The Morgan fingerprint density at radius 2 is 1.00 bits per heavy atom. The van der Waals surface area contributed by atoms with E-state index in [1.165, 1.54) is 15.6 Å². The fraction of sp³-hybridized carbons (Fsp3) is 1.00. The van der Waals surface area contributed by atoms with Gasteiger partial charge in [0.2, 0.25) is 0 Å². The summed E-state index contributed by atoms with van der Waals surface area (Å²) in [5, 5.41) is 0. The molecule has 0 aromatic carbocycles. The van der Waals surface area contributed by atoms with E-state index in [9.17, 15) is 0 Å². The summed E-state index contributed by atoms with van der Waals surface area (Å²) < 4.78 is 10.8. The molecule has 2 unspecified atom stereocenters. The molecule has 0 rings (SSSR count). The first-order valence-corrected chi connectivity index (χ1v) is 5.62. The van der Waals surface area contributed by atoms with Gasteiger partial charge in [0.1, 0.15) is 0 Å². The summed E-state index contributed by atoms with van der Waals surface area (Å²) in [6, 6.07) is 0. The van der Waals surface area contributed by atoms with Crippen LogP contribution in [0.25, 0.3) is 0 Å². The van der Waals surface area contributed by atoms with Crippen LogP contribution >= 0.6 is 0 Å². The summed E-state index contributed by atoms with van der Waals surface area (Å²) in [4.78, 5) is 0. The Morgan fingerprint density at radius 3 is 1.23 bits per heavy atom. The molecule has 0 aliphatic rings. The van der Waals surface area contributed by atoms with E-state index in [1.54, 1.807) is 0 Å². The van der Waals surface area contributed by atoms with Gasteiger partial charge in [0.25, 0.3) is 0 Å². The first-order chi connectivity index (χ1) is 5.95. The van der Waals surface area contributed by atoms with Crippen LogP contribution in [0.2, 0.25) is 0 Å². The molecular formula is C10H22CuO2. The van der Waals surface area contributed by atoms with Crippen molar-refractivity contribution >= 4 is 0 Å². The molecule has 0 radical (unpaired) electrons. The standard InChI is InChI=1S/2C5H11O.Cu/c2*1-4(2)5(3)6;/h2*4-5H,1-3H3;/q2*-1;+2. The SMILES string of the molecule is CC(C)C(C)[O][Cu][O]C(C)C(C)C. The topological polar surface area (TPSA) is 18.5 Å². The maximum atomic E-state index is 5.41. The van der Waals surface area contributed by atoms with Crippen LogP contribution in [0.15, 0.2) is 0 Å². The van der Waals surface area contributed by atoms with Gasteiger partial charge in [-0.05, 0) is 0 Å². The van der Waals surface area contributed by atoms with Crippen LogP contribution in [0.4, 0.5) is 0 Å². The third-order valence-corrected chi connectivity index (χ3v) is 3.04. The van der Waals surface area contributed by atoms with E-state index < -0.39 is 0 Å². The molecule has 0 aliphatic carbocycles. The Labute approximate surface area is 89.2 Å². The maximum absolute atomic E-state index is 5.41. The van der Waals surface area contributed by atoms with E-state index in [1.807, 2.05) is 0 Å². The van der Waals surface area contributed by atoms with Crippen molar-refractivity contribution in [3.05, 3.63) is 0 Å². The summed E-state index contributed by atoms with van der Waals surface area (Å²) in [6.45, 7) is 12.6. The van der Waals surface area contributed by atoms with E-state index in [-0.39, 0.29) is 12.2 Å². The van der Waals surface area contributed by atoms with Gasteiger partial charge in [0.05, 0.1) is 0 Å². The molecule has 0 aliphatic heterocycles. The number of rotatable bonds is 6. The first-order valence-electron chi connectivity index (χ1n) is 4.85. The molecule has 0 N–H and O–H groups in total. The second-order valence-electron chi connectivity index (χ2n) is 4.09. The predicted molar refractivity (Wildman–Crippen MR) is 50.8 cm³/mol. The van der Waals surface area contributed by atoms with Crippen LogP contribution in [0.1, 0.15) is 41.5 Å². The Morgan fingerprint density at radius 1 is 0.692 bits per heavy atom. The minimum atomic E-state index is 0.236. The van der Waals surface area contributed by atoms with Crippen molar-refractivity contribution in [3.63, 3.8) is 0 Å². The van der Waals surface area contributed by atoms with E-state index in [0.717, 1.165) is 0 Å². The fourth-order valence-electron chi connectivity index (χ4n) is 0.272. The Bertz CT molecular complexity index is 112. The van der Waals surface area contributed by atoms with Crippen molar-refractivity contribution in [2.24, 2.45) is 11.8 Å². The molecule has 0 saturated carbocycles. The van der Waals surface area contributed by atoms with Crippen molar-refractivity contribution in [3.8, 4) is 0 Å². The van der Waals surface area contributed by atoms with Gasteiger partial charge in [-0.2, -0.15) is 0 Å². The summed E-state index contributed by atoms with van der Waals surface area (Å²) >= 11 is 1.21. The van der Waals surface area contributed by atoms with Crippen molar-refractivity contribution in [1.82, 2.24) is 0 Å². The molecule has 13 heavy (non-hydrogen) atoms. The van der Waals surface area contributed by atoms with E-state index in [4.69, 9.17) is 7.64 Å². The van der Waals surface area contributed by atoms with Gasteiger partial charge in [0.15, 0.2) is 0 Å². The molecule has 0 aromatic heterocycles.